The maximum atomic E-state index is 3.19. The molecule has 0 nitrogen and oxygen atoms in total. The molecule has 56 valence electrons. The van der Waals surface area contributed by atoms with E-state index in [0.717, 1.165) is 0 Å². The third kappa shape index (κ3) is 3.19. The predicted molar refractivity (Wildman–Crippen MR) is 53.5 cm³/mol. The summed E-state index contributed by atoms with van der Waals surface area (Å²) in [6, 6.07) is 10.2. The summed E-state index contributed by atoms with van der Waals surface area (Å²) in [5.41, 5.74) is 1.22. The topological polar surface area (TPSA) is 0 Å². The van der Waals surface area contributed by atoms with E-state index >= 15 is 0 Å². The maximum absolute atomic E-state index is 3.19. The lowest BCUT2D eigenvalue weighted by Crippen LogP contribution is -1.65. The zero-order valence-electron chi connectivity index (χ0n) is 6.07. The van der Waals surface area contributed by atoms with Crippen LogP contribution in [0.2, 0.25) is 0 Å². The number of benzene rings is 1. The fraction of sp³-hybridized carbons (Fsp3) is 0. The van der Waals surface area contributed by atoms with Gasteiger partial charge in [0.2, 0.25) is 0 Å². The summed E-state index contributed by atoms with van der Waals surface area (Å²) in [4.78, 5) is 1.83. The molecule has 0 radical (unpaired) electrons. The van der Waals surface area contributed by atoms with E-state index < -0.39 is 0 Å². The average molecular weight is 209 g/mol. The van der Waals surface area contributed by atoms with E-state index in [1.165, 1.54) is 5.56 Å². The largest absolute Gasteiger partial charge is 0.0622 e. The quantitative estimate of drug-likeness (QED) is 0.652. The lowest BCUT2D eigenvalue weighted by molar-refractivity contribution is 1.66. The van der Waals surface area contributed by atoms with Gasteiger partial charge in [-0.15, -0.1) is 0 Å². The molecule has 1 aromatic carbocycles. The molecule has 0 heterocycles. The Morgan fingerprint density at radius 2 is 1.73 bits per heavy atom. The molecule has 1 rings (SSSR count). The van der Waals surface area contributed by atoms with E-state index in [1.807, 2.05) is 35.3 Å². The summed E-state index contributed by atoms with van der Waals surface area (Å²) in [6.07, 6.45) is 5.98. The van der Waals surface area contributed by atoms with Crippen LogP contribution in [0.15, 0.2) is 47.5 Å². The van der Waals surface area contributed by atoms with Crippen molar-refractivity contribution in [1.82, 2.24) is 0 Å². The first kappa shape index (κ1) is 8.28. The van der Waals surface area contributed by atoms with E-state index in [-0.39, 0.29) is 0 Å². The fourth-order valence-electron chi connectivity index (χ4n) is 0.773. The van der Waals surface area contributed by atoms with Gasteiger partial charge in [0.1, 0.15) is 0 Å². The van der Waals surface area contributed by atoms with Crippen molar-refractivity contribution < 1.29 is 0 Å². The van der Waals surface area contributed by atoms with E-state index in [0.29, 0.717) is 0 Å². The van der Waals surface area contributed by atoms with Crippen molar-refractivity contribution in [2.75, 3.05) is 0 Å². The van der Waals surface area contributed by atoms with Gasteiger partial charge in [0.05, 0.1) is 0 Å². The Bertz CT molecular complexity index is 247. The smallest absolute Gasteiger partial charge is 0.0189 e. The molecule has 0 atom stereocenters. The third-order valence-corrected chi connectivity index (χ3v) is 1.58. The predicted octanol–water partition coefficient (Wildman–Crippen LogP) is 3.61. The molecular formula is C10H9Br. The summed E-state index contributed by atoms with van der Waals surface area (Å²) in [5, 5.41) is 0. The summed E-state index contributed by atoms with van der Waals surface area (Å²) >= 11 is 3.19. The summed E-state index contributed by atoms with van der Waals surface area (Å²) in [6.45, 7) is 0. The first-order valence-electron chi connectivity index (χ1n) is 3.42. The van der Waals surface area contributed by atoms with Gasteiger partial charge in [0, 0.05) is 0 Å². The minimum absolute atomic E-state index is 1.22. The summed E-state index contributed by atoms with van der Waals surface area (Å²) < 4.78 is 0. The molecule has 0 saturated heterocycles. The molecule has 0 spiro atoms. The molecular weight excluding hydrogens is 200 g/mol. The summed E-state index contributed by atoms with van der Waals surface area (Å²) in [5.74, 6) is 0. The fourth-order valence-corrected chi connectivity index (χ4v) is 0.949. The van der Waals surface area contributed by atoms with Crippen molar-refractivity contribution in [3.05, 3.63) is 53.0 Å². The van der Waals surface area contributed by atoms with Crippen molar-refractivity contribution in [2.24, 2.45) is 0 Å². The molecule has 0 saturated carbocycles. The van der Waals surface area contributed by atoms with Gasteiger partial charge in [-0.25, -0.2) is 0 Å². The Kier molecular flexibility index (Phi) is 3.70. The molecule has 11 heavy (non-hydrogen) atoms. The van der Waals surface area contributed by atoms with Crippen LogP contribution in [0, 0.1) is 0 Å². The Morgan fingerprint density at radius 1 is 1.00 bits per heavy atom. The number of hydrogen-bond acceptors (Lipinski definition) is 0. The zero-order chi connectivity index (χ0) is 7.94. The highest BCUT2D eigenvalue weighted by Gasteiger charge is 1.78. The lowest BCUT2D eigenvalue weighted by atomic mass is 10.2. The van der Waals surface area contributed by atoms with Crippen LogP contribution in [0.4, 0.5) is 0 Å². The van der Waals surface area contributed by atoms with E-state index in [9.17, 15) is 0 Å². The van der Waals surface area contributed by atoms with Crippen LogP contribution in [0.5, 0.6) is 0 Å². The molecule has 0 amide bonds. The van der Waals surface area contributed by atoms with Crippen LogP contribution >= 0.6 is 15.9 Å². The lowest BCUT2D eigenvalue weighted by Gasteiger charge is -1.87. The van der Waals surface area contributed by atoms with Gasteiger partial charge in [-0.3, -0.25) is 0 Å². The molecule has 1 heteroatoms. The van der Waals surface area contributed by atoms with Crippen LogP contribution in [0.3, 0.4) is 0 Å². The molecule has 0 aliphatic rings. The van der Waals surface area contributed by atoms with Crippen LogP contribution in [-0.2, 0) is 0 Å². The Labute approximate surface area is 75.4 Å². The first-order valence-corrected chi connectivity index (χ1v) is 4.33. The highest BCUT2D eigenvalue weighted by Crippen LogP contribution is 2.00. The van der Waals surface area contributed by atoms with Gasteiger partial charge >= 0.3 is 0 Å². The van der Waals surface area contributed by atoms with Gasteiger partial charge < -0.3 is 0 Å². The van der Waals surface area contributed by atoms with Crippen molar-refractivity contribution >= 4 is 22.0 Å². The Morgan fingerprint density at radius 3 is 2.36 bits per heavy atom. The minimum Gasteiger partial charge on any atom is -0.0622 e. The van der Waals surface area contributed by atoms with Gasteiger partial charge in [0.15, 0.2) is 0 Å². The van der Waals surface area contributed by atoms with Crippen molar-refractivity contribution in [1.29, 1.82) is 0 Å². The average Bonchev–Trinajstić information content (AvgIpc) is 2.07. The minimum atomic E-state index is 1.22. The molecule has 0 aliphatic carbocycles. The number of rotatable bonds is 2. The van der Waals surface area contributed by atoms with Crippen molar-refractivity contribution in [3.63, 3.8) is 0 Å². The third-order valence-electron chi connectivity index (χ3n) is 1.27. The van der Waals surface area contributed by atoms with Crippen molar-refractivity contribution in [2.45, 2.75) is 0 Å². The van der Waals surface area contributed by atoms with E-state index in [2.05, 4.69) is 34.1 Å². The second-order valence-electron chi connectivity index (χ2n) is 2.09. The van der Waals surface area contributed by atoms with Crippen LogP contribution in [0.1, 0.15) is 5.56 Å². The molecule has 1 aromatic rings. The highest BCUT2D eigenvalue weighted by atomic mass is 79.9. The Hall–Kier alpha value is -0.820. The van der Waals surface area contributed by atoms with Gasteiger partial charge in [-0.1, -0.05) is 64.5 Å². The Balaban J connectivity index is 2.64. The molecule has 0 unspecified atom stereocenters. The van der Waals surface area contributed by atoms with Crippen molar-refractivity contribution in [3.8, 4) is 0 Å². The zero-order valence-corrected chi connectivity index (χ0v) is 7.66. The molecule has 0 fully saturated rings. The standard InChI is InChI=1S/C10H9Br/c11-9-5-4-8-10-6-2-1-3-7-10/h1-9H/b8-4+,9-5?. The van der Waals surface area contributed by atoms with Crippen LogP contribution < -0.4 is 0 Å². The van der Waals surface area contributed by atoms with E-state index in [1.54, 1.807) is 0 Å². The monoisotopic (exact) mass is 208 g/mol. The molecule has 0 N–H and O–H groups in total. The number of allylic oxidation sites excluding steroid dienone is 2. The normalized spacial score (nSPS) is 11.4. The maximum Gasteiger partial charge on any atom is -0.0189 e. The summed E-state index contributed by atoms with van der Waals surface area (Å²) in [7, 11) is 0. The van der Waals surface area contributed by atoms with Crippen LogP contribution in [-0.4, -0.2) is 0 Å². The molecule has 0 aromatic heterocycles. The molecule has 0 bridgehead atoms. The second-order valence-corrected chi connectivity index (χ2v) is 2.62. The van der Waals surface area contributed by atoms with Gasteiger partial charge in [0.25, 0.3) is 0 Å². The van der Waals surface area contributed by atoms with E-state index in [4.69, 9.17) is 0 Å². The van der Waals surface area contributed by atoms with Crippen LogP contribution in [0.25, 0.3) is 6.08 Å². The van der Waals surface area contributed by atoms with Gasteiger partial charge in [-0.05, 0) is 10.5 Å². The number of halogens is 1. The highest BCUT2D eigenvalue weighted by molar-refractivity contribution is 9.11. The second kappa shape index (κ2) is 4.91. The number of hydrogen-bond donors (Lipinski definition) is 0. The SMILES string of the molecule is BrC=C/C=C/c1ccccc1. The van der Waals surface area contributed by atoms with Gasteiger partial charge in [-0.2, -0.15) is 0 Å². The molecule has 0 aliphatic heterocycles. The first-order chi connectivity index (χ1) is 5.43.